The van der Waals surface area contributed by atoms with Crippen LogP contribution >= 0.6 is 11.9 Å². The van der Waals surface area contributed by atoms with Gasteiger partial charge in [-0.3, -0.25) is 9.10 Å². The molecule has 1 aliphatic carbocycles. The fourth-order valence-electron chi connectivity index (χ4n) is 1.84. The van der Waals surface area contributed by atoms with E-state index in [9.17, 15) is 4.79 Å². The lowest BCUT2D eigenvalue weighted by Gasteiger charge is -2.25. The van der Waals surface area contributed by atoms with Gasteiger partial charge in [0.2, 0.25) is 0 Å². The number of aromatic amines is 1. The molecule has 1 aromatic rings. The van der Waals surface area contributed by atoms with E-state index >= 15 is 0 Å². The quantitative estimate of drug-likeness (QED) is 0.783. The molecule has 0 saturated heterocycles. The topological polar surface area (TPSA) is 61.0 Å². The fraction of sp³-hybridized carbons (Fsp3) is 0.600. The minimum Gasteiger partial charge on any atom is -0.336 e. The maximum Gasteiger partial charge on any atom is 0.273 e. The number of aromatic nitrogens is 2. The molecule has 5 nitrogen and oxygen atoms in total. The van der Waals surface area contributed by atoms with Crippen molar-refractivity contribution < 1.29 is 4.79 Å². The van der Waals surface area contributed by atoms with Crippen molar-refractivity contribution in [1.82, 2.24) is 15.3 Å². The van der Waals surface area contributed by atoms with Gasteiger partial charge in [0.1, 0.15) is 18.2 Å². The fourth-order valence-corrected chi connectivity index (χ4v) is 2.56. The van der Waals surface area contributed by atoms with Crippen LogP contribution in [0.3, 0.4) is 0 Å². The first-order valence-corrected chi connectivity index (χ1v) is 6.52. The normalized spacial score (nSPS) is 19.6. The summed E-state index contributed by atoms with van der Waals surface area (Å²) in [4.78, 5) is 19.4. The molecule has 1 aromatic heterocycles. The number of anilines is 1. The number of rotatable bonds is 3. The lowest BCUT2D eigenvalue weighted by atomic mass is 10.3. The Balaban J connectivity index is 1.96. The van der Waals surface area contributed by atoms with Crippen molar-refractivity contribution in [3.8, 4) is 0 Å². The van der Waals surface area contributed by atoms with Gasteiger partial charge in [0.15, 0.2) is 5.82 Å². The predicted octanol–water partition coefficient (Wildman–Crippen LogP) is 1.46. The van der Waals surface area contributed by atoms with Gasteiger partial charge in [-0.15, -0.1) is 0 Å². The van der Waals surface area contributed by atoms with Gasteiger partial charge in [-0.2, -0.15) is 0 Å². The van der Waals surface area contributed by atoms with E-state index in [1.807, 2.05) is 4.31 Å². The van der Waals surface area contributed by atoms with Crippen molar-refractivity contribution >= 4 is 23.7 Å². The number of fused-ring (bicyclic) bond motifs is 1. The molecule has 0 radical (unpaired) electrons. The van der Waals surface area contributed by atoms with Gasteiger partial charge in [-0.05, 0) is 24.8 Å². The largest absolute Gasteiger partial charge is 0.336 e. The molecule has 1 saturated carbocycles. The third kappa shape index (κ3) is 1.57. The van der Waals surface area contributed by atoms with Crippen LogP contribution in [0.25, 0.3) is 0 Å². The van der Waals surface area contributed by atoms with Crippen LogP contribution in [0.2, 0.25) is 0 Å². The third-order valence-electron chi connectivity index (χ3n) is 2.80. The van der Waals surface area contributed by atoms with Gasteiger partial charge in [0.25, 0.3) is 5.91 Å². The first kappa shape index (κ1) is 10.0. The van der Waals surface area contributed by atoms with Gasteiger partial charge in [-0.1, -0.05) is 6.92 Å². The van der Waals surface area contributed by atoms with E-state index in [4.69, 9.17) is 0 Å². The summed E-state index contributed by atoms with van der Waals surface area (Å²) >= 11 is 1.68. The van der Waals surface area contributed by atoms with Crippen LogP contribution in [0, 0.1) is 0 Å². The van der Waals surface area contributed by atoms with Crippen molar-refractivity contribution in [2.45, 2.75) is 25.7 Å². The highest BCUT2D eigenvalue weighted by molar-refractivity contribution is 8.00. The summed E-state index contributed by atoms with van der Waals surface area (Å²) in [5.74, 6) is 3.26. The van der Waals surface area contributed by atoms with E-state index < -0.39 is 0 Å². The Morgan fingerprint density at radius 3 is 3.06 bits per heavy atom. The van der Waals surface area contributed by atoms with E-state index in [0.29, 0.717) is 18.3 Å². The summed E-state index contributed by atoms with van der Waals surface area (Å²) in [7, 11) is 0. The monoisotopic (exact) mass is 238 g/mol. The number of amides is 1. The van der Waals surface area contributed by atoms with E-state index in [2.05, 4.69) is 22.2 Å². The number of carbonyl (C=O) groups excluding carboxylic acids is 1. The molecule has 2 heterocycles. The number of carbonyl (C=O) groups is 1. The van der Waals surface area contributed by atoms with Gasteiger partial charge in [-0.25, -0.2) is 4.98 Å². The minimum absolute atomic E-state index is 0.0395. The van der Waals surface area contributed by atoms with Gasteiger partial charge in [0, 0.05) is 11.7 Å². The third-order valence-corrected chi connectivity index (χ3v) is 3.67. The summed E-state index contributed by atoms with van der Waals surface area (Å²) in [5, 5.41) is 2.84. The Bertz CT molecular complexity index is 426. The van der Waals surface area contributed by atoms with Gasteiger partial charge in [0.05, 0.1) is 0 Å². The van der Waals surface area contributed by atoms with Gasteiger partial charge >= 0.3 is 0 Å². The maximum atomic E-state index is 11.7. The molecule has 0 aromatic carbocycles. The summed E-state index contributed by atoms with van der Waals surface area (Å²) in [6.45, 7) is 2.63. The predicted molar refractivity (Wildman–Crippen MR) is 63.5 cm³/mol. The molecule has 1 amide bonds. The zero-order valence-electron chi connectivity index (χ0n) is 9.12. The highest BCUT2D eigenvalue weighted by atomic mass is 32.2. The van der Waals surface area contributed by atoms with Crippen molar-refractivity contribution in [3.63, 3.8) is 0 Å². The van der Waals surface area contributed by atoms with Crippen LogP contribution in [0.15, 0.2) is 0 Å². The minimum atomic E-state index is -0.0395. The van der Waals surface area contributed by atoms with E-state index in [-0.39, 0.29) is 5.91 Å². The van der Waals surface area contributed by atoms with Crippen LogP contribution in [-0.4, -0.2) is 28.3 Å². The number of nitrogens with zero attached hydrogens (tertiary/aromatic N) is 2. The molecule has 3 rings (SSSR count). The number of imidazole rings is 1. The van der Waals surface area contributed by atoms with Crippen LogP contribution < -0.4 is 9.62 Å². The lowest BCUT2D eigenvalue weighted by molar-refractivity contribution is 0.0946. The van der Waals surface area contributed by atoms with Crippen LogP contribution in [-0.2, 0) is 0 Å². The van der Waals surface area contributed by atoms with Crippen molar-refractivity contribution in [2.75, 3.05) is 16.7 Å². The molecule has 6 heteroatoms. The zero-order chi connectivity index (χ0) is 11.1. The molecular formula is C10H14N4OS. The summed E-state index contributed by atoms with van der Waals surface area (Å²) in [5.41, 5.74) is 0.620. The second-order valence-corrected chi connectivity index (χ2v) is 5.33. The Hall–Kier alpha value is -1.17. The highest BCUT2D eigenvalue weighted by Gasteiger charge is 2.33. The second-order valence-electron chi connectivity index (χ2n) is 4.06. The van der Waals surface area contributed by atoms with Crippen molar-refractivity contribution in [3.05, 3.63) is 11.5 Å². The number of H-pyrrole nitrogens is 1. The molecule has 0 spiro atoms. The van der Waals surface area contributed by atoms with E-state index in [1.54, 1.807) is 11.9 Å². The highest BCUT2D eigenvalue weighted by Crippen LogP contribution is 2.40. The van der Waals surface area contributed by atoms with Crippen LogP contribution in [0.1, 0.15) is 42.0 Å². The Morgan fingerprint density at radius 1 is 1.56 bits per heavy atom. The average molecular weight is 238 g/mol. The zero-order valence-corrected chi connectivity index (χ0v) is 9.93. The Labute approximate surface area is 98.1 Å². The molecule has 0 unspecified atom stereocenters. The second kappa shape index (κ2) is 3.69. The van der Waals surface area contributed by atoms with Crippen LogP contribution in [0.4, 0.5) is 5.82 Å². The number of hydrogen-bond donors (Lipinski definition) is 2. The van der Waals surface area contributed by atoms with Crippen LogP contribution in [0.5, 0.6) is 0 Å². The molecule has 2 aliphatic rings. The maximum absolute atomic E-state index is 11.7. The molecule has 0 bridgehead atoms. The SMILES string of the molecule is CCSN1CNC(=O)c2[nH]c(C3CC3)nc21. The first-order valence-electron chi connectivity index (χ1n) is 5.58. The van der Waals surface area contributed by atoms with Crippen molar-refractivity contribution in [1.29, 1.82) is 0 Å². The molecule has 0 atom stereocenters. The average Bonchev–Trinajstić information content (AvgIpc) is 3.02. The van der Waals surface area contributed by atoms with Gasteiger partial charge < -0.3 is 10.3 Å². The first-order chi connectivity index (χ1) is 7.79. The molecule has 1 fully saturated rings. The molecule has 2 N–H and O–H groups in total. The summed E-state index contributed by atoms with van der Waals surface area (Å²) in [6, 6.07) is 0. The Morgan fingerprint density at radius 2 is 2.38 bits per heavy atom. The molecule has 86 valence electrons. The molecule has 16 heavy (non-hydrogen) atoms. The molecular weight excluding hydrogens is 224 g/mol. The van der Waals surface area contributed by atoms with E-state index in [1.165, 1.54) is 12.8 Å². The smallest absolute Gasteiger partial charge is 0.273 e. The number of nitrogens with one attached hydrogen (secondary N) is 2. The Kier molecular flexibility index (Phi) is 2.31. The van der Waals surface area contributed by atoms with E-state index in [0.717, 1.165) is 17.4 Å². The number of hydrogen-bond acceptors (Lipinski definition) is 4. The summed E-state index contributed by atoms with van der Waals surface area (Å²) in [6.07, 6.45) is 2.38. The lowest BCUT2D eigenvalue weighted by Crippen LogP contribution is -2.40. The standard InChI is InChI=1S/C10H14N4OS/c1-2-16-14-5-11-10(15)7-9(14)13-8(12-7)6-3-4-6/h6H,2-5H2,1H3,(H,11,15)(H,12,13). The molecule has 1 aliphatic heterocycles. The summed E-state index contributed by atoms with van der Waals surface area (Å²) < 4.78 is 2.04. The van der Waals surface area contributed by atoms with Crippen molar-refractivity contribution in [2.24, 2.45) is 0 Å².